The molecule has 6 nitrogen and oxygen atoms in total. The van der Waals surface area contributed by atoms with Gasteiger partial charge in [0.25, 0.3) is 0 Å². The molecular formula is C9H25N3O3Si. The fourth-order valence-corrected chi connectivity index (χ4v) is 2.73. The monoisotopic (exact) mass is 251 g/mol. The summed E-state index contributed by atoms with van der Waals surface area (Å²) in [5, 5.41) is 0. The molecule has 0 bridgehead atoms. The van der Waals surface area contributed by atoms with Gasteiger partial charge in [-0.05, 0) is 6.42 Å². The number of hydrogen-bond acceptors (Lipinski definition) is 6. The van der Waals surface area contributed by atoms with E-state index in [1.807, 2.05) is 13.5 Å². The van der Waals surface area contributed by atoms with Gasteiger partial charge in [-0.1, -0.05) is 6.92 Å². The third-order valence-electron chi connectivity index (χ3n) is 2.05. The van der Waals surface area contributed by atoms with Crippen LogP contribution in [-0.2, 0) is 13.3 Å². The minimum atomic E-state index is -2.61. The van der Waals surface area contributed by atoms with Crippen molar-refractivity contribution in [2.24, 2.45) is 17.2 Å². The Morgan fingerprint density at radius 3 is 1.94 bits per heavy atom. The zero-order valence-electron chi connectivity index (χ0n) is 10.3. The van der Waals surface area contributed by atoms with Crippen LogP contribution in [0.2, 0.25) is 6.55 Å². The van der Waals surface area contributed by atoms with Crippen LogP contribution in [0.25, 0.3) is 0 Å². The molecule has 0 saturated heterocycles. The lowest BCUT2D eigenvalue weighted by Gasteiger charge is -2.27. The quantitative estimate of drug-likeness (QED) is 0.442. The highest BCUT2D eigenvalue weighted by Gasteiger charge is 2.34. The highest BCUT2D eigenvalue weighted by molar-refractivity contribution is 6.59. The van der Waals surface area contributed by atoms with Gasteiger partial charge in [0.05, 0.1) is 19.8 Å². The van der Waals surface area contributed by atoms with Crippen molar-refractivity contribution in [3.05, 3.63) is 0 Å². The van der Waals surface area contributed by atoms with Gasteiger partial charge < -0.3 is 30.5 Å². The largest absolute Gasteiger partial charge is 0.497 e. The minimum absolute atomic E-state index is 0.00905. The molecule has 0 amide bonds. The molecule has 0 aromatic rings. The molecule has 0 aliphatic rings. The van der Waals surface area contributed by atoms with Crippen molar-refractivity contribution in [2.75, 3.05) is 32.9 Å². The topological polar surface area (TPSA) is 106 Å². The highest BCUT2D eigenvalue weighted by atomic mass is 28.4. The molecule has 16 heavy (non-hydrogen) atoms. The van der Waals surface area contributed by atoms with Crippen molar-refractivity contribution in [3.63, 3.8) is 0 Å². The average molecular weight is 251 g/mol. The maximum atomic E-state index is 5.77. The predicted molar refractivity (Wildman–Crippen MR) is 65.8 cm³/mol. The first kappa shape index (κ1) is 16.0. The molecule has 0 aliphatic carbocycles. The zero-order valence-corrected chi connectivity index (χ0v) is 11.3. The molecular weight excluding hydrogens is 226 g/mol. The second kappa shape index (κ2) is 9.05. The maximum absolute atomic E-state index is 5.77. The van der Waals surface area contributed by atoms with E-state index in [1.165, 1.54) is 0 Å². The summed E-state index contributed by atoms with van der Waals surface area (Å²) >= 11 is 0. The summed E-state index contributed by atoms with van der Waals surface area (Å²) in [4.78, 5) is 0. The van der Waals surface area contributed by atoms with Crippen LogP contribution in [0.3, 0.4) is 0 Å². The Hall–Kier alpha value is -0.0231. The molecule has 0 aromatic carbocycles. The molecule has 1 unspecified atom stereocenters. The average Bonchev–Trinajstić information content (AvgIpc) is 2.31. The van der Waals surface area contributed by atoms with Gasteiger partial charge in [0.2, 0.25) is 0 Å². The molecule has 0 fully saturated rings. The van der Waals surface area contributed by atoms with E-state index in [1.54, 1.807) is 0 Å². The van der Waals surface area contributed by atoms with Gasteiger partial charge in [0.1, 0.15) is 0 Å². The Morgan fingerprint density at radius 2 is 1.56 bits per heavy atom. The summed E-state index contributed by atoms with van der Waals surface area (Å²) in [7, 11) is -2.61. The predicted octanol–water partition coefficient (Wildman–Crippen LogP) is -0.740. The smallest absolute Gasteiger partial charge is 0.372 e. The molecule has 7 heteroatoms. The fourth-order valence-electron chi connectivity index (χ4n) is 0.990. The Morgan fingerprint density at radius 1 is 1.06 bits per heavy atom. The Bertz CT molecular complexity index is 166. The molecule has 0 heterocycles. The molecule has 98 valence electrons. The molecule has 0 rings (SSSR count). The van der Waals surface area contributed by atoms with Crippen molar-refractivity contribution in [1.82, 2.24) is 0 Å². The lowest BCUT2D eigenvalue weighted by molar-refractivity contribution is 0.0653. The Labute approximate surface area is 98.8 Å². The van der Waals surface area contributed by atoms with Crippen LogP contribution in [0, 0.1) is 0 Å². The first-order valence-corrected chi connectivity index (χ1v) is 7.88. The second-order valence-electron chi connectivity index (χ2n) is 3.62. The lowest BCUT2D eigenvalue weighted by Crippen LogP contribution is -2.47. The summed E-state index contributed by atoms with van der Waals surface area (Å²) in [6.07, 6.45) is 0.859. The van der Waals surface area contributed by atoms with Crippen LogP contribution in [0.4, 0.5) is 0 Å². The van der Waals surface area contributed by atoms with Crippen LogP contribution >= 0.6 is 0 Å². The van der Waals surface area contributed by atoms with Crippen molar-refractivity contribution in [3.8, 4) is 0 Å². The Kier molecular flexibility index (Phi) is 9.04. The zero-order chi connectivity index (χ0) is 12.4. The van der Waals surface area contributed by atoms with Crippen LogP contribution in [0.15, 0.2) is 0 Å². The maximum Gasteiger partial charge on any atom is 0.497 e. The van der Waals surface area contributed by atoms with Gasteiger partial charge in [-0.3, -0.25) is 0 Å². The fraction of sp³-hybridized carbons (Fsp3) is 1.00. The van der Waals surface area contributed by atoms with E-state index in [2.05, 4.69) is 0 Å². The first-order chi connectivity index (χ1) is 7.58. The number of nitrogens with two attached hydrogens (primary N) is 3. The highest BCUT2D eigenvalue weighted by Crippen LogP contribution is 2.09. The second-order valence-corrected chi connectivity index (χ2v) is 6.21. The molecule has 6 N–H and O–H groups in total. The van der Waals surface area contributed by atoms with Gasteiger partial charge in [-0.25, -0.2) is 0 Å². The first-order valence-electron chi connectivity index (χ1n) is 5.65. The van der Waals surface area contributed by atoms with E-state index < -0.39 is 8.80 Å². The van der Waals surface area contributed by atoms with E-state index in [0.29, 0.717) is 32.9 Å². The van der Waals surface area contributed by atoms with Crippen LogP contribution in [-0.4, -0.2) is 47.8 Å². The van der Waals surface area contributed by atoms with Crippen LogP contribution < -0.4 is 17.2 Å². The van der Waals surface area contributed by atoms with E-state index in [0.717, 1.165) is 6.42 Å². The normalized spacial score (nSPS) is 14.1. The third-order valence-corrected chi connectivity index (χ3v) is 4.20. The molecule has 1 atom stereocenters. The van der Waals surface area contributed by atoms with Gasteiger partial charge in [-0.15, -0.1) is 0 Å². The van der Waals surface area contributed by atoms with Crippen molar-refractivity contribution in [1.29, 1.82) is 0 Å². The van der Waals surface area contributed by atoms with Crippen LogP contribution in [0.5, 0.6) is 0 Å². The van der Waals surface area contributed by atoms with E-state index in [-0.39, 0.29) is 6.04 Å². The SMILES string of the molecule is CCC(N)CO[Si](C)(OCCN)OCCN. The summed E-state index contributed by atoms with van der Waals surface area (Å²) < 4.78 is 16.7. The summed E-state index contributed by atoms with van der Waals surface area (Å²) in [5.41, 5.74) is 16.5. The Balaban J connectivity index is 4.06. The van der Waals surface area contributed by atoms with Crippen molar-refractivity contribution in [2.45, 2.75) is 25.9 Å². The molecule has 0 radical (unpaired) electrons. The molecule has 0 saturated carbocycles. The van der Waals surface area contributed by atoms with Crippen molar-refractivity contribution < 1.29 is 13.3 Å². The van der Waals surface area contributed by atoms with Gasteiger partial charge in [-0.2, -0.15) is 0 Å². The summed E-state index contributed by atoms with van der Waals surface area (Å²) in [5.74, 6) is 0. The van der Waals surface area contributed by atoms with E-state index >= 15 is 0 Å². The number of hydrogen-bond donors (Lipinski definition) is 3. The lowest BCUT2D eigenvalue weighted by atomic mass is 10.3. The molecule has 0 spiro atoms. The van der Waals surface area contributed by atoms with Gasteiger partial charge in [0, 0.05) is 25.7 Å². The van der Waals surface area contributed by atoms with E-state index in [4.69, 9.17) is 30.5 Å². The summed E-state index contributed by atoms with van der Waals surface area (Å²) in [6, 6.07) is 0.00905. The molecule has 0 aromatic heterocycles. The summed E-state index contributed by atoms with van der Waals surface area (Å²) in [6.45, 7) is 6.02. The van der Waals surface area contributed by atoms with Crippen molar-refractivity contribution >= 4 is 8.80 Å². The standard InChI is InChI=1S/C9H25N3O3Si/c1-3-9(12)8-15-16(2,13-6-4-10)14-7-5-11/h9H,3-8,10-12H2,1-2H3. The minimum Gasteiger partial charge on any atom is -0.372 e. The molecule has 0 aliphatic heterocycles. The van der Waals surface area contributed by atoms with E-state index in [9.17, 15) is 0 Å². The van der Waals surface area contributed by atoms with Gasteiger partial charge >= 0.3 is 8.80 Å². The van der Waals surface area contributed by atoms with Crippen LogP contribution in [0.1, 0.15) is 13.3 Å². The number of rotatable bonds is 10. The van der Waals surface area contributed by atoms with Gasteiger partial charge in [0.15, 0.2) is 0 Å². The third kappa shape index (κ3) is 7.28.